The lowest BCUT2D eigenvalue weighted by Gasteiger charge is -2.39. The summed E-state index contributed by atoms with van der Waals surface area (Å²) < 4.78 is 29.3. The zero-order valence-corrected chi connectivity index (χ0v) is 26.2. The SMILES string of the molecule is CCOC(=O)C(=Cc1cccc(OCC(C)C[Si](C)(O[Si](C)(C)C)O[Si](C)(C)C)c1)C(=O)OCC. The zero-order valence-electron chi connectivity index (χ0n) is 23.2. The molecule has 0 aliphatic rings. The lowest BCUT2D eigenvalue weighted by atomic mass is 10.1. The normalized spacial score (nSPS) is 13.1. The summed E-state index contributed by atoms with van der Waals surface area (Å²) in [5, 5.41) is 0. The van der Waals surface area contributed by atoms with Crippen LogP contribution in [0.3, 0.4) is 0 Å². The smallest absolute Gasteiger partial charge is 0.345 e. The fourth-order valence-electron chi connectivity index (χ4n) is 3.81. The van der Waals surface area contributed by atoms with Crippen molar-refractivity contribution in [3.63, 3.8) is 0 Å². The molecule has 35 heavy (non-hydrogen) atoms. The van der Waals surface area contributed by atoms with E-state index in [1.807, 2.05) is 12.1 Å². The topological polar surface area (TPSA) is 80.3 Å². The van der Waals surface area contributed by atoms with Crippen LogP contribution in [0.1, 0.15) is 26.3 Å². The summed E-state index contributed by atoms with van der Waals surface area (Å²) in [6.07, 6.45) is 1.47. The average molecular weight is 541 g/mol. The Morgan fingerprint density at radius 1 is 0.886 bits per heavy atom. The van der Waals surface area contributed by atoms with Crippen LogP contribution in [0.25, 0.3) is 6.08 Å². The Bertz CT molecular complexity index is 837. The third kappa shape index (κ3) is 12.7. The number of carbonyl (C=O) groups is 2. The lowest BCUT2D eigenvalue weighted by Crippen LogP contribution is -2.53. The molecular formula is C25H44O7Si3. The van der Waals surface area contributed by atoms with Crippen molar-refractivity contribution >= 4 is 43.2 Å². The van der Waals surface area contributed by atoms with E-state index >= 15 is 0 Å². The second-order valence-corrected chi connectivity index (χ2v) is 23.5. The van der Waals surface area contributed by atoms with Gasteiger partial charge in [0.25, 0.3) is 0 Å². The first-order valence-corrected chi connectivity index (χ1v) is 21.6. The van der Waals surface area contributed by atoms with Gasteiger partial charge in [0.1, 0.15) is 11.3 Å². The molecule has 0 aliphatic carbocycles. The Morgan fingerprint density at radius 2 is 1.40 bits per heavy atom. The van der Waals surface area contributed by atoms with Crippen molar-refractivity contribution in [3.05, 3.63) is 35.4 Å². The number of rotatable bonds is 14. The van der Waals surface area contributed by atoms with Crippen LogP contribution < -0.4 is 4.74 Å². The summed E-state index contributed by atoms with van der Waals surface area (Å²) >= 11 is 0. The molecule has 1 aromatic carbocycles. The summed E-state index contributed by atoms with van der Waals surface area (Å²) in [5.41, 5.74) is 0.502. The van der Waals surface area contributed by atoms with Crippen LogP contribution in [-0.4, -0.2) is 57.0 Å². The quantitative estimate of drug-likeness (QED) is 0.0943. The Kier molecular flexibility index (Phi) is 12.1. The van der Waals surface area contributed by atoms with Gasteiger partial charge in [0, 0.05) is 0 Å². The molecule has 0 heterocycles. The van der Waals surface area contributed by atoms with E-state index < -0.39 is 37.1 Å². The van der Waals surface area contributed by atoms with E-state index in [9.17, 15) is 9.59 Å². The van der Waals surface area contributed by atoms with E-state index in [0.717, 1.165) is 6.04 Å². The molecule has 1 unspecified atom stereocenters. The molecule has 0 bridgehead atoms. The fraction of sp³-hybridized carbons (Fsp3) is 0.600. The highest BCUT2D eigenvalue weighted by Gasteiger charge is 2.41. The van der Waals surface area contributed by atoms with Crippen molar-refractivity contribution in [2.45, 2.75) is 72.6 Å². The summed E-state index contributed by atoms with van der Waals surface area (Å²) in [7, 11) is -5.89. The summed E-state index contributed by atoms with van der Waals surface area (Å²) in [4.78, 5) is 24.5. The minimum absolute atomic E-state index is 0.145. The largest absolute Gasteiger partial charge is 0.493 e. The van der Waals surface area contributed by atoms with Gasteiger partial charge in [-0.05, 0) is 95.4 Å². The van der Waals surface area contributed by atoms with Crippen LogP contribution in [0, 0.1) is 5.92 Å². The van der Waals surface area contributed by atoms with Gasteiger partial charge >= 0.3 is 20.5 Å². The monoisotopic (exact) mass is 540 g/mol. The Labute approximate surface area is 214 Å². The maximum absolute atomic E-state index is 12.3. The summed E-state index contributed by atoms with van der Waals surface area (Å²) in [6, 6.07) is 8.10. The van der Waals surface area contributed by atoms with Gasteiger partial charge in [0.15, 0.2) is 16.6 Å². The van der Waals surface area contributed by atoms with Gasteiger partial charge < -0.3 is 22.4 Å². The predicted octanol–water partition coefficient (Wildman–Crippen LogP) is 5.99. The van der Waals surface area contributed by atoms with Crippen molar-refractivity contribution in [3.8, 4) is 5.75 Å². The maximum Gasteiger partial charge on any atom is 0.345 e. The highest BCUT2D eigenvalue weighted by Crippen LogP contribution is 2.28. The predicted molar refractivity (Wildman–Crippen MR) is 148 cm³/mol. The van der Waals surface area contributed by atoms with E-state index in [1.165, 1.54) is 6.08 Å². The number of benzene rings is 1. The molecule has 0 radical (unpaired) electrons. The molecule has 0 saturated carbocycles. The molecule has 10 heteroatoms. The van der Waals surface area contributed by atoms with Crippen LogP contribution in [0.4, 0.5) is 0 Å². The highest BCUT2D eigenvalue weighted by molar-refractivity contribution is 6.87. The van der Waals surface area contributed by atoms with Crippen molar-refractivity contribution in [2.24, 2.45) is 5.92 Å². The van der Waals surface area contributed by atoms with E-state index in [4.69, 9.17) is 22.4 Å². The standard InChI is InChI=1S/C25H44O7Si3/c1-11-28-24(26)23(25(27)29-12-2)17-21-14-13-15-22(16-21)30-18-20(3)19-35(10,31-33(4,5)6)32-34(7,8)9/h13-17,20H,11-12,18-19H2,1-10H3. The van der Waals surface area contributed by atoms with Gasteiger partial charge in [0.05, 0.1) is 19.8 Å². The number of hydrogen-bond acceptors (Lipinski definition) is 7. The third-order valence-electron chi connectivity index (χ3n) is 4.46. The molecule has 0 N–H and O–H groups in total. The minimum Gasteiger partial charge on any atom is -0.493 e. The second kappa shape index (κ2) is 13.5. The number of ether oxygens (including phenoxy) is 3. The van der Waals surface area contributed by atoms with Crippen LogP contribution in [0.5, 0.6) is 5.75 Å². The van der Waals surface area contributed by atoms with Crippen LogP contribution in [0.2, 0.25) is 51.9 Å². The van der Waals surface area contributed by atoms with Crippen molar-refractivity contribution < 1.29 is 32.0 Å². The number of hydrogen-bond donors (Lipinski definition) is 0. The highest BCUT2D eigenvalue weighted by atomic mass is 28.5. The van der Waals surface area contributed by atoms with Crippen LogP contribution >= 0.6 is 0 Å². The van der Waals surface area contributed by atoms with E-state index in [-0.39, 0.29) is 24.7 Å². The van der Waals surface area contributed by atoms with Gasteiger partial charge in [-0.2, -0.15) is 0 Å². The first kappa shape index (κ1) is 31.3. The molecule has 198 valence electrons. The van der Waals surface area contributed by atoms with E-state index in [1.54, 1.807) is 26.0 Å². The van der Waals surface area contributed by atoms with Crippen molar-refractivity contribution in [2.75, 3.05) is 19.8 Å². The second-order valence-electron chi connectivity index (χ2n) is 10.8. The van der Waals surface area contributed by atoms with Gasteiger partial charge in [0.2, 0.25) is 0 Å². The lowest BCUT2D eigenvalue weighted by molar-refractivity contribution is -0.146. The molecule has 7 nitrogen and oxygen atoms in total. The van der Waals surface area contributed by atoms with E-state index in [2.05, 4.69) is 52.8 Å². The summed E-state index contributed by atoms with van der Waals surface area (Å²) in [6.45, 7) is 21.7. The fourth-order valence-corrected chi connectivity index (χ4v) is 16.8. The molecule has 1 aromatic rings. The number of carbonyl (C=O) groups excluding carboxylic acids is 2. The van der Waals surface area contributed by atoms with Gasteiger partial charge in [-0.3, -0.25) is 0 Å². The van der Waals surface area contributed by atoms with Gasteiger partial charge in [-0.1, -0.05) is 19.1 Å². The van der Waals surface area contributed by atoms with Crippen LogP contribution in [0.15, 0.2) is 29.8 Å². The molecule has 0 aromatic heterocycles. The summed E-state index contributed by atoms with van der Waals surface area (Å²) in [5.74, 6) is -0.536. The molecule has 0 aliphatic heterocycles. The Hall–Kier alpha value is -1.73. The van der Waals surface area contributed by atoms with Gasteiger partial charge in [-0.15, -0.1) is 0 Å². The van der Waals surface area contributed by atoms with Crippen molar-refractivity contribution in [1.29, 1.82) is 0 Å². The molecular weight excluding hydrogens is 497 g/mol. The average Bonchev–Trinajstić information content (AvgIpc) is 2.68. The first-order valence-electron chi connectivity index (χ1n) is 12.3. The van der Waals surface area contributed by atoms with E-state index in [0.29, 0.717) is 17.9 Å². The Morgan fingerprint density at radius 3 is 1.86 bits per heavy atom. The van der Waals surface area contributed by atoms with Crippen LogP contribution in [-0.2, 0) is 27.3 Å². The van der Waals surface area contributed by atoms with Crippen molar-refractivity contribution in [1.82, 2.24) is 0 Å². The molecule has 1 atom stereocenters. The first-order chi connectivity index (χ1) is 16.1. The minimum atomic E-state index is -2.36. The van der Waals surface area contributed by atoms with Gasteiger partial charge in [-0.25, -0.2) is 9.59 Å². The third-order valence-corrected chi connectivity index (χ3v) is 14.2. The molecule has 0 spiro atoms. The Balaban J connectivity index is 2.98. The molecule has 1 rings (SSSR count). The maximum atomic E-state index is 12.3. The number of esters is 2. The molecule has 0 saturated heterocycles. The molecule has 0 amide bonds. The zero-order chi connectivity index (χ0) is 26.9. The molecule has 0 fully saturated rings.